The minimum Gasteiger partial charge on any atom is -0.271 e. The predicted molar refractivity (Wildman–Crippen MR) is 76.1 cm³/mol. The average molecular weight is 250 g/mol. The molecule has 2 nitrogen and oxygen atoms in total. The van der Waals surface area contributed by atoms with E-state index in [2.05, 4.69) is 44.4 Å². The first-order valence-corrected chi connectivity index (χ1v) is 7.23. The maximum atomic E-state index is 5.83. The van der Waals surface area contributed by atoms with Crippen LogP contribution in [0, 0.1) is 13.8 Å². The molecule has 1 heterocycles. The Kier molecular flexibility index (Phi) is 3.81. The lowest BCUT2D eigenvalue weighted by Gasteiger charge is -2.34. The van der Waals surface area contributed by atoms with Crippen LogP contribution >= 0.6 is 11.8 Å². The van der Waals surface area contributed by atoms with Crippen molar-refractivity contribution in [2.45, 2.75) is 44.4 Å². The topological polar surface area (TPSA) is 38.0 Å². The van der Waals surface area contributed by atoms with Crippen LogP contribution in [0.4, 0.5) is 0 Å². The quantitative estimate of drug-likeness (QED) is 0.639. The van der Waals surface area contributed by atoms with E-state index in [0.717, 1.165) is 0 Å². The number of benzene rings is 1. The van der Waals surface area contributed by atoms with Gasteiger partial charge in [0, 0.05) is 4.75 Å². The van der Waals surface area contributed by atoms with Gasteiger partial charge in [-0.05, 0) is 56.1 Å². The van der Waals surface area contributed by atoms with Crippen LogP contribution in [-0.2, 0) is 0 Å². The zero-order valence-electron chi connectivity index (χ0n) is 10.9. The second-order valence-corrected chi connectivity index (χ2v) is 6.78. The van der Waals surface area contributed by atoms with Crippen LogP contribution in [0.15, 0.2) is 18.2 Å². The normalized spacial score (nSPS) is 26.1. The summed E-state index contributed by atoms with van der Waals surface area (Å²) in [4.78, 5) is 0. The number of aryl methyl sites for hydroxylation is 1. The smallest absolute Gasteiger partial charge is 0.0606 e. The maximum absolute atomic E-state index is 5.83. The fourth-order valence-corrected chi connectivity index (χ4v) is 4.12. The Labute approximate surface area is 108 Å². The highest BCUT2D eigenvalue weighted by Crippen LogP contribution is 2.46. The maximum Gasteiger partial charge on any atom is 0.0606 e. The summed E-state index contributed by atoms with van der Waals surface area (Å²) in [6.07, 6.45) is 2.53. The fraction of sp³-hybridized carbons (Fsp3) is 0.571. The van der Waals surface area contributed by atoms with Gasteiger partial charge in [0.05, 0.1) is 6.04 Å². The van der Waals surface area contributed by atoms with E-state index in [1.54, 1.807) is 0 Å². The standard InChI is InChI=1S/C14H22N2S/c1-10-6-4-7-12(11(10)2)13(16-15)14(3)8-5-9-17-14/h4,6-7,13,16H,5,8-9,15H2,1-3H3. The lowest BCUT2D eigenvalue weighted by Crippen LogP contribution is -2.41. The molecule has 0 bridgehead atoms. The fourth-order valence-electron chi connectivity index (χ4n) is 2.71. The molecule has 1 aromatic carbocycles. The van der Waals surface area contributed by atoms with Crippen molar-refractivity contribution in [3.05, 3.63) is 34.9 Å². The molecule has 0 spiro atoms. The van der Waals surface area contributed by atoms with Gasteiger partial charge in [0.15, 0.2) is 0 Å². The Balaban J connectivity index is 2.38. The minimum absolute atomic E-state index is 0.229. The largest absolute Gasteiger partial charge is 0.271 e. The van der Waals surface area contributed by atoms with E-state index in [9.17, 15) is 0 Å². The van der Waals surface area contributed by atoms with E-state index in [1.807, 2.05) is 11.8 Å². The minimum atomic E-state index is 0.229. The van der Waals surface area contributed by atoms with Gasteiger partial charge < -0.3 is 0 Å². The highest BCUT2D eigenvalue weighted by Gasteiger charge is 2.38. The molecule has 3 N–H and O–H groups in total. The number of nitrogens with one attached hydrogen (secondary N) is 1. The van der Waals surface area contributed by atoms with Crippen molar-refractivity contribution in [2.75, 3.05) is 5.75 Å². The molecule has 0 aromatic heterocycles. The van der Waals surface area contributed by atoms with Gasteiger partial charge in [0.25, 0.3) is 0 Å². The van der Waals surface area contributed by atoms with Crippen LogP contribution < -0.4 is 11.3 Å². The molecule has 2 atom stereocenters. The zero-order valence-corrected chi connectivity index (χ0v) is 11.7. The lowest BCUT2D eigenvalue weighted by atomic mass is 9.87. The van der Waals surface area contributed by atoms with Crippen molar-refractivity contribution in [2.24, 2.45) is 5.84 Å². The molecule has 1 saturated heterocycles. The van der Waals surface area contributed by atoms with Crippen LogP contribution in [0.25, 0.3) is 0 Å². The molecule has 0 amide bonds. The van der Waals surface area contributed by atoms with E-state index in [0.29, 0.717) is 0 Å². The van der Waals surface area contributed by atoms with Crippen molar-refractivity contribution >= 4 is 11.8 Å². The van der Waals surface area contributed by atoms with Gasteiger partial charge in [0.2, 0.25) is 0 Å². The first-order chi connectivity index (χ1) is 8.08. The van der Waals surface area contributed by atoms with Crippen molar-refractivity contribution < 1.29 is 0 Å². The van der Waals surface area contributed by atoms with E-state index in [-0.39, 0.29) is 10.8 Å². The van der Waals surface area contributed by atoms with E-state index in [4.69, 9.17) is 5.84 Å². The molecule has 2 unspecified atom stereocenters. The van der Waals surface area contributed by atoms with Crippen LogP contribution in [0.2, 0.25) is 0 Å². The molecular formula is C14H22N2S. The molecule has 1 aliphatic heterocycles. The van der Waals surface area contributed by atoms with Crippen molar-refractivity contribution in [1.82, 2.24) is 5.43 Å². The summed E-state index contributed by atoms with van der Waals surface area (Å²) in [5.41, 5.74) is 7.11. The summed E-state index contributed by atoms with van der Waals surface area (Å²) in [5.74, 6) is 7.07. The third kappa shape index (κ3) is 2.37. The first-order valence-electron chi connectivity index (χ1n) is 6.25. The van der Waals surface area contributed by atoms with E-state index < -0.39 is 0 Å². The monoisotopic (exact) mass is 250 g/mol. The molecule has 0 radical (unpaired) electrons. The molecule has 1 aliphatic rings. The zero-order chi connectivity index (χ0) is 12.5. The summed E-state index contributed by atoms with van der Waals surface area (Å²) < 4.78 is 0.229. The van der Waals surface area contributed by atoms with Crippen molar-refractivity contribution in [3.63, 3.8) is 0 Å². The van der Waals surface area contributed by atoms with Gasteiger partial charge in [-0.1, -0.05) is 18.2 Å². The second-order valence-electron chi connectivity index (χ2n) is 5.15. The van der Waals surface area contributed by atoms with Crippen molar-refractivity contribution in [1.29, 1.82) is 0 Å². The Bertz CT molecular complexity index is 397. The molecular weight excluding hydrogens is 228 g/mol. The van der Waals surface area contributed by atoms with E-state index >= 15 is 0 Å². The molecule has 1 fully saturated rings. The number of nitrogens with two attached hydrogens (primary N) is 1. The average Bonchev–Trinajstić information content (AvgIpc) is 2.73. The van der Waals surface area contributed by atoms with Crippen LogP contribution in [0.1, 0.15) is 42.5 Å². The Morgan fingerprint density at radius 3 is 2.76 bits per heavy atom. The van der Waals surface area contributed by atoms with Crippen molar-refractivity contribution in [3.8, 4) is 0 Å². The highest BCUT2D eigenvalue weighted by molar-refractivity contribution is 8.00. The molecule has 94 valence electrons. The van der Waals surface area contributed by atoms with Crippen LogP contribution in [0.3, 0.4) is 0 Å². The van der Waals surface area contributed by atoms with Gasteiger partial charge >= 0.3 is 0 Å². The molecule has 2 rings (SSSR count). The molecule has 3 heteroatoms. The molecule has 1 aromatic rings. The van der Waals surface area contributed by atoms with Crippen LogP contribution in [-0.4, -0.2) is 10.5 Å². The van der Waals surface area contributed by atoms with Gasteiger partial charge in [0.1, 0.15) is 0 Å². The third-order valence-corrected chi connectivity index (χ3v) is 5.58. The Morgan fingerprint density at radius 2 is 2.18 bits per heavy atom. The van der Waals surface area contributed by atoms with Gasteiger partial charge in [-0.3, -0.25) is 11.3 Å². The second kappa shape index (κ2) is 5.01. The lowest BCUT2D eigenvalue weighted by molar-refractivity contribution is 0.419. The van der Waals surface area contributed by atoms with Gasteiger partial charge in [-0.15, -0.1) is 0 Å². The number of thioether (sulfide) groups is 1. The SMILES string of the molecule is Cc1cccc(C(NN)C2(C)CCCS2)c1C. The number of hydrogen-bond acceptors (Lipinski definition) is 3. The summed E-state index contributed by atoms with van der Waals surface area (Å²) in [5, 5.41) is 0. The number of hydrogen-bond donors (Lipinski definition) is 2. The van der Waals surface area contributed by atoms with E-state index in [1.165, 1.54) is 35.3 Å². The summed E-state index contributed by atoms with van der Waals surface area (Å²) in [6, 6.07) is 6.74. The summed E-state index contributed by atoms with van der Waals surface area (Å²) >= 11 is 2.04. The Hall–Kier alpha value is -0.510. The molecule has 17 heavy (non-hydrogen) atoms. The number of hydrazine groups is 1. The van der Waals surface area contributed by atoms with Gasteiger partial charge in [-0.25, -0.2) is 0 Å². The Morgan fingerprint density at radius 1 is 1.41 bits per heavy atom. The highest BCUT2D eigenvalue weighted by atomic mass is 32.2. The molecule has 0 saturated carbocycles. The summed E-state index contributed by atoms with van der Waals surface area (Å²) in [6.45, 7) is 6.69. The van der Waals surface area contributed by atoms with Gasteiger partial charge in [-0.2, -0.15) is 11.8 Å². The molecule has 0 aliphatic carbocycles. The predicted octanol–water partition coefficient (Wildman–Crippen LogP) is 3.09. The third-order valence-electron chi connectivity index (χ3n) is 3.98. The summed E-state index contributed by atoms with van der Waals surface area (Å²) in [7, 11) is 0. The van der Waals surface area contributed by atoms with Crippen LogP contribution in [0.5, 0.6) is 0 Å². The number of rotatable bonds is 3. The first kappa shape index (κ1) is 12.9.